The van der Waals surface area contributed by atoms with Crippen LogP contribution in [0.2, 0.25) is 0 Å². The summed E-state index contributed by atoms with van der Waals surface area (Å²) in [6.45, 7) is 4.20. The van der Waals surface area contributed by atoms with Gasteiger partial charge in [0.15, 0.2) is 11.5 Å². The first-order valence-electron chi connectivity index (χ1n) is 12.9. The number of nitrogens with zero attached hydrogens (tertiary/aromatic N) is 1. The molecule has 3 aliphatic rings. The maximum atomic E-state index is 13.3. The zero-order chi connectivity index (χ0) is 26.1. The van der Waals surface area contributed by atoms with Gasteiger partial charge in [0, 0.05) is 23.4 Å². The van der Waals surface area contributed by atoms with Gasteiger partial charge in [0.1, 0.15) is 13.2 Å². The van der Waals surface area contributed by atoms with Crippen LogP contribution in [0.25, 0.3) is 11.3 Å². The van der Waals surface area contributed by atoms with Crippen LogP contribution in [0.1, 0.15) is 39.9 Å². The van der Waals surface area contributed by atoms with E-state index >= 15 is 0 Å². The summed E-state index contributed by atoms with van der Waals surface area (Å²) in [5.41, 5.74) is 5.65. The minimum Gasteiger partial charge on any atom is -0.486 e. The van der Waals surface area contributed by atoms with Crippen LogP contribution in [-0.2, 0) is 16.1 Å². The molecular weight excluding hydrogens is 482 g/mol. The van der Waals surface area contributed by atoms with E-state index in [-0.39, 0.29) is 5.91 Å². The van der Waals surface area contributed by atoms with Crippen molar-refractivity contribution >= 4 is 34.5 Å². The first-order chi connectivity index (χ1) is 18.6. The molecule has 0 radical (unpaired) electrons. The van der Waals surface area contributed by atoms with E-state index in [1.54, 1.807) is 18.2 Å². The summed E-state index contributed by atoms with van der Waals surface area (Å²) < 4.78 is 16.4. The number of hydrogen-bond acceptors (Lipinski definition) is 7. The summed E-state index contributed by atoms with van der Waals surface area (Å²) in [5.74, 6) is 0.590. The molecule has 1 amide bonds. The lowest BCUT2D eigenvalue weighted by Gasteiger charge is -2.21. The molecule has 8 heteroatoms. The molecule has 194 valence electrons. The van der Waals surface area contributed by atoms with Crippen LogP contribution in [0.15, 0.2) is 60.7 Å². The number of rotatable bonds is 6. The average molecular weight is 512 g/mol. The lowest BCUT2D eigenvalue weighted by atomic mass is 9.98. The molecule has 1 saturated heterocycles. The fourth-order valence-electron chi connectivity index (χ4n) is 5.18. The third-order valence-electron chi connectivity index (χ3n) is 7.09. The van der Waals surface area contributed by atoms with Crippen molar-refractivity contribution in [1.29, 1.82) is 0 Å². The van der Waals surface area contributed by atoms with Crippen molar-refractivity contribution in [3.63, 3.8) is 0 Å². The Morgan fingerprint density at radius 1 is 0.947 bits per heavy atom. The number of carbonyl (C=O) groups is 2. The Morgan fingerprint density at radius 3 is 2.45 bits per heavy atom. The van der Waals surface area contributed by atoms with Crippen LogP contribution in [0.4, 0.5) is 11.4 Å². The molecule has 38 heavy (non-hydrogen) atoms. The number of amides is 1. The summed E-state index contributed by atoms with van der Waals surface area (Å²) in [7, 11) is 1.33. The number of anilines is 2. The zero-order valence-electron chi connectivity index (χ0n) is 21.2. The quantitative estimate of drug-likeness (QED) is 0.364. The van der Waals surface area contributed by atoms with Gasteiger partial charge in [-0.05, 0) is 74.0 Å². The Hall–Kier alpha value is -4.30. The van der Waals surface area contributed by atoms with Gasteiger partial charge in [0.05, 0.1) is 29.6 Å². The molecule has 0 spiro atoms. The normalized spacial score (nSPS) is 17.6. The van der Waals surface area contributed by atoms with E-state index in [2.05, 4.69) is 27.7 Å². The van der Waals surface area contributed by atoms with Gasteiger partial charge in [0.2, 0.25) is 0 Å². The first kappa shape index (κ1) is 24.1. The third kappa shape index (κ3) is 4.70. The van der Waals surface area contributed by atoms with Gasteiger partial charge in [-0.2, -0.15) is 0 Å². The predicted octanol–water partition coefficient (Wildman–Crippen LogP) is 4.77. The number of benzene rings is 3. The Labute approximate surface area is 221 Å². The fourth-order valence-corrected chi connectivity index (χ4v) is 5.18. The van der Waals surface area contributed by atoms with Crippen LogP contribution in [0, 0.1) is 0 Å². The molecule has 0 bridgehead atoms. The van der Waals surface area contributed by atoms with E-state index in [9.17, 15) is 9.59 Å². The molecule has 3 aliphatic heterocycles. The second-order valence-corrected chi connectivity index (χ2v) is 9.62. The molecule has 0 atom stereocenters. The molecule has 1 fully saturated rings. The summed E-state index contributed by atoms with van der Waals surface area (Å²) in [4.78, 5) is 27.9. The Kier molecular flexibility index (Phi) is 6.47. The molecule has 2 N–H and O–H groups in total. The van der Waals surface area contributed by atoms with Crippen molar-refractivity contribution in [2.45, 2.75) is 19.4 Å². The number of esters is 1. The van der Waals surface area contributed by atoms with Gasteiger partial charge in [-0.1, -0.05) is 18.2 Å². The lowest BCUT2D eigenvalue weighted by Crippen LogP contribution is -2.18. The fraction of sp³-hybridized carbons (Fsp3) is 0.267. The third-order valence-corrected chi connectivity index (χ3v) is 7.09. The first-order valence-corrected chi connectivity index (χ1v) is 12.9. The molecule has 0 aromatic heterocycles. The second-order valence-electron chi connectivity index (χ2n) is 9.62. The zero-order valence-corrected chi connectivity index (χ0v) is 21.2. The molecule has 3 heterocycles. The summed E-state index contributed by atoms with van der Waals surface area (Å²) in [5, 5.41) is 6.41. The molecule has 8 nitrogen and oxygen atoms in total. The second kappa shape index (κ2) is 10.2. The number of nitrogens with one attached hydrogen (secondary N) is 2. The Balaban J connectivity index is 1.39. The number of carbonyl (C=O) groups excluding carboxylic acids is 2. The van der Waals surface area contributed by atoms with Crippen molar-refractivity contribution in [3.8, 4) is 11.5 Å². The van der Waals surface area contributed by atoms with E-state index in [0.717, 1.165) is 30.9 Å². The minimum absolute atomic E-state index is 0.259. The van der Waals surface area contributed by atoms with E-state index < -0.39 is 5.97 Å². The average Bonchev–Trinajstić information content (AvgIpc) is 3.58. The highest BCUT2D eigenvalue weighted by Crippen LogP contribution is 2.40. The number of ether oxygens (including phenoxy) is 3. The Morgan fingerprint density at radius 2 is 1.68 bits per heavy atom. The highest BCUT2D eigenvalue weighted by molar-refractivity contribution is 6.37. The summed E-state index contributed by atoms with van der Waals surface area (Å²) in [6.07, 6.45) is 2.52. The number of methoxy groups -OCH3 is 1. The van der Waals surface area contributed by atoms with Crippen LogP contribution in [-0.4, -0.2) is 50.2 Å². The molecular formula is C30H29N3O5. The molecule has 6 rings (SSSR count). The minimum atomic E-state index is -0.460. The standard InChI is InChI=1S/C30H29N3O5/c1-36-30(35)21-6-10-23-24(16-21)32-29(34)27(23)28(20-7-11-25-26(17-20)38-15-14-37-25)31-22-8-4-19(5-9-22)18-33-12-2-3-13-33/h4-11,16-17,31H,2-3,12-15,18H2,1H3,(H,32,34). The van der Waals surface area contributed by atoms with E-state index in [4.69, 9.17) is 14.2 Å². The van der Waals surface area contributed by atoms with Gasteiger partial charge in [-0.25, -0.2) is 4.79 Å². The van der Waals surface area contributed by atoms with Crippen LogP contribution < -0.4 is 20.1 Å². The van der Waals surface area contributed by atoms with Gasteiger partial charge < -0.3 is 24.8 Å². The van der Waals surface area contributed by atoms with Crippen molar-refractivity contribution in [2.75, 3.05) is 44.0 Å². The van der Waals surface area contributed by atoms with Gasteiger partial charge in [-0.3, -0.25) is 9.69 Å². The molecule has 3 aromatic rings. The van der Waals surface area contributed by atoms with E-state index in [0.29, 0.717) is 52.8 Å². The van der Waals surface area contributed by atoms with Gasteiger partial charge >= 0.3 is 5.97 Å². The van der Waals surface area contributed by atoms with E-state index in [1.165, 1.54) is 25.5 Å². The largest absolute Gasteiger partial charge is 0.486 e. The predicted molar refractivity (Wildman–Crippen MR) is 145 cm³/mol. The molecule has 0 saturated carbocycles. The maximum Gasteiger partial charge on any atom is 0.337 e. The van der Waals surface area contributed by atoms with Crippen molar-refractivity contribution in [3.05, 3.63) is 82.9 Å². The Bertz CT molecular complexity index is 1420. The topological polar surface area (TPSA) is 89.1 Å². The smallest absolute Gasteiger partial charge is 0.337 e. The lowest BCUT2D eigenvalue weighted by molar-refractivity contribution is -0.110. The molecule has 0 aliphatic carbocycles. The number of likely N-dealkylation sites (tertiary alicyclic amines) is 1. The van der Waals surface area contributed by atoms with Gasteiger partial charge in [-0.15, -0.1) is 0 Å². The molecule has 0 unspecified atom stereocenters. The highest BCUT2D eigenvalue weighted by atomic mass is 16.6. The monoisotopic (exact) mass is 511 g/mol. The summed E-state index contributed by atoms with van der Waals surface area (Å²) >= 11 is 0. The maximum absolute atomic E-state index is 13.3. The number of hydrogen-bond donors (Lipinski definition) is 2. The van der Waals surface area contributed by atoms with Crippen molar-refractivity contribution in [2.24, 2.45) is 0 Å². The van der Waals surface area contributed by atoms with Crippen molar-refractivity contribution in [1.82, 2.24) is 4.90 Å². The van der Waals surface area contributed by atoms with Gasteiger partial charge in [0.25, 0.3) is 5.91 Å². The SMILES string of the molecule is COC(=O)c1ccc2c(c1)NC(=O)C2=C(Nc1ccc(CN2CCCC2)cc1)c1ccc2c(c1)OCCO2. The molecule has 3 aromatic carbocycles. The summed E-state index contributed by atoms with van der Waals surface area (Å²) in [6, 6.07) is 19.1. The van der Waals surface area contributed by atoms with Crippen molar-refractivity contribution < 1.29 is 23.8 Å². The van der Waals surface area contributed by atoms with Crippen LogP contribution in [0.3, 0.4) is 0 Å². The highest BCUT2D eigenvalue weighted by Gasteiger charge is 2.30. The van der Waals surface area contributed by atoms with Crippen LogP contribution in [0.5, 0.6) is 11.5 Å². The van der Waals surface area contributed by atoms with Crippen LogP contribution >= 0.6 is 0 Å². The van der Waals surface area contributed by atoms with E-state index in [1.807, 2.05) is 30.3 Å². The number of fused-ring (bicyclic) bond motifs is 2.